The van der Waals surface area contributed by atoms with E-state index in [9.17, 15) is 18.0 Å². The fraction of sp³-hybridized carbons (Fsp3) is 0.333. The number of anilines is 2. The number of amides is 1. The highest BCUT2D eigenvalue weighted by Crippen LogP contribution is 2.26. The molecule has 1 atom stereocenters. The summed E-state index contributed by atoms with van der Waals surface area (Å²) in [4.78, 5) is 24.9. The lowest BCUT2D eigenvalue weighted by molar-refractivity contribution is -0.116. The zero-order chi connectivity index (χ0) is 22.2. The molecule has 1 unspecified atom stereocenters. The second-order valence-corrected chi connectivity index (χ2v) is 10.2. The van der Waals surface area contributed by atoms with Gasteiger partial charge in [-0.2, -0.15) is 0 Å². The maximum absolute atomic E-state index is 12.9. The van der Waals surface area contributed by atoms with Crippen LogP contribution < -0.4 is 14.5 Å². The van der Waals surface area contributed by atoms with Crippen LogP contribution in [0.25, 0.3) is 10.2 Å². The van der Waals surface area contributed by atoms with Gasteiger partial charge in [0.25, 0.3) is 0 Å². The molecule has 0 aliphatic rings. The molecule has 7 nitrogen and oxygen atoms in total. The SMILES string of the molecule is CCn1c(=O)sc2cc(NC(=O)C(C)N(c3cc(C)cc(C)c3)S(C)(=O)=O)ccc21. The normalized spacial score (nSPS) is 12.7. The lowest BCUT2D eigenvalue weighted by Gasteiger charge is -2.28. The number of carbonyl (C=O) groups excluding carboxylic acids is 1. The Hall–Kier alpha value is -2.65. The van der Waals surface area contributed by atoms with E-state index in [1.807, 2.05) is 26.8 Å². The van der Waals surface area contributed by atoms with E-state index < -0.39 is 22.0 Å². The number of sulfonamides is 1. The molecule has 0 saturated heterocycles. The van der Waals surface area contributed by atoms with Crippen LogP contribution in [0.2, 0.25) is 0 Å². The maximum Gasteiger partial charge on any atom is 0.308 e. The molecule has 0 fully saturated rings. The molecule has 30 heavy (non-hydrogen) atoms. The number of hydrogen-bond acceptors (Lipinski definition) is 5. The van der Waals surface area contributed by atoms with E-state index in [1.54, 1.807) is 41.8 Å². The summed E-state index contributed by atoms with van der Waals surface area (Å²) in [7, 11) is -3.70. The number of benzene rings is 2. The summed E-state index contributed by atoms with van der Waals surface area (Å²) in [5.41, 5.74) is 3.59. The zero-order valence-corrected chi connectivity index (χ0v) is 19.2. The fourth-order valence-electron chi connectivity index (χ4n) is 3.58. The van der Waals surface area contributed by atoms with Gasteiger partial charge in [0, 0.05) is 12.2 Å². The largest absolute Gasteiger partial charge is 0.324 e. The van der Waals surface area contributed by atoms with Gasteiger partial charge in [-0.15, -0.1) is 0 Å². The molecule has 0 spiro atoms. The second-order valence-electron chi connectivity index (χ2n) is 7.36. The van der Waals surface area contributed by atoms with Crippen LogP contribution in [0.5, 0.6) is 0 Å². The van der Waals surface area contributed by atoms with Gasteiger partial charge in [-0.25, -0.2) is 8.42 Å². The number of nitrogens with zero attached hydrogens (tertiary/aromatic N) is 2. The number of aryl methyl sites for hydroxylation is 3. The topological polar surface area (TPSA) is 88.5 Å². The van der Waals surface area contributed by atoms with Crippen LogP contribution >= 0.6 is 11.3 Å². The van der Waals surface area contributed by atoms with Gasteiger partial charge in [-0.05, 0) is 69.2 Å². The van der Waals surface area contributed by atoms with Crippen molar-refractivity contribution in [3.63, 3.8) is 0 Å². The molecule has 9 heteroatoms. The van der Waals surface area contributed by atoms with Crippen molar-refractivity contribution in [3.8, 4) is 0 Å². The molecule has 2 aromatic carbocycles. The quantitative estimate of drug-likeness (QED) is 0.626. The van der Waals surface area contributed by atoms with Crippen LogP contribution in [-0.2, 0) is 21.4 Å². The molecule has 3 aromatic rings. The van der Waals surface area contributed by atoms with Crippen molar-refractivity contribution in [2.75, 3.05) is 15.9 Å². The summed E-state index contributed by atoms with van der Waals surface area (Å²) in [6, 6.07) is 9.71. The number of rotatable bonds is 6. The zero-order valence-electron chi connectivity index (χ0n) is 17.6. The van der Waals surface area contributed by atoms with Crippen molar-refractivity contribution < 1.29 is 13.2 Å². The molecule has 0 bridgehead atoms. The monoisotopic (exact) mass is 447 g/mol. The van der Waals surface area contributed by atoms with Crippen molar-refractivity contribution >= 4 is 48.9 Å². The molecular weight excluding hydrogens is 422 g/mol. The molecular formula is C21H25N3O4S2. The predicted molar refractivity (Wildman–Crippen MR) is 123 cm³/mol. The van der Waals surface area contributed by atoms with Crippen molar-refractivity contribution in [2.45, 2.75) is 40.3 Å². The Bertz CT molecular complexity index is 1250. The van der Waals surface area contributed by atoms with Gasteiger partial charge in [-0.1, -0.05) is 17.4 Å². The molecule has 0 aliphatic heterocycles. The second kappa shape index (κ2) is 8.23. The molecule has 0 radical (unpaired) electrons. The lowest BCUT2D eigenvalue weighted by Crippen LogP contribution is -2.45. The first-order valence-corrected chi connectivity index (χ1v) is 12.2. The number of aromatic nitrogens is 1. The van der Waals surface area contributed by atoms with Gasteiger partial charge < -0.3 is 5.32 Å². The van der Waals surface area contributed by atoms with E-state index in [0.717, 1.165) is 43.2 Å². The van der Waals surface area contributed by atoms with E-state index in [1.165, 1.54) is 0 Å². The maximum atomic E-state index is 12.9. The number of hydrogen-bond donors (Lipinski definition) is 1. The number of thiazole rings is 1. The Balaban J connectivity index is 1.92. The molecule has 1 aromatic heterocycles. The van der Waals surface area contributed by atoms with Gasteiger partial charge in [0.1, 0.15) is 6.04 Å². The fourth-order valence-corrected chi connectivity index (χ4v) is 5.73. The van der Waals surface area contributed by atoms with E-state index in [4.69, 9.17) is 0 Å². The molecule has 1 N–H and O–H groups in total. The van der Waals surface area contributed by atoms with E-state index >= 15 is 0 Å². The summed E-state index contributed by atoms with van der Waals surface area (Å²) in [6.07, 6.45) is 1.09. The Morgan fingerprint density at radius 1 is 1.17 bits per heavy atom. The smallest absolute Gasteiger partial charge is 0.308 e. The van der Waals surface area contributed by atoms with Gasteiger partial charge in [0.05, 0.1) is 22.2 Å². The van der Waals surface area contributed by atoms with E-state index in [-0.39, 0.29) is 4.87 Å². The average Bonchev–Trinajstić information content (AvgIpc) is 2.93. The molecule has 3 rings (SSSR count). The number of carbonyl (C=O) groups is 1. The first-order chi connectivity index (χ1) is 14.0. The minimum absolute atomic E-state index is 0.0533. The minimum atomic E-state index is -3.70. The predicted octanol–water partition coefficient (Wildman–Crippen LogP) is 3.49. The molecule has 0 saturated carbocycles. The summed E-state index contributed by atoms with van der Waals surface area (Å²) in [6.45, 7) is 7.78. The van der Waals surface area contributed by atoms with Gasteiger partial charge in [0.2, 0.25) is 15.9 Å². The third kappa shape index (κ3) is 4.41. The first kappa shape index (κ1) is 22.0. The Kier molecular flexibility index (Phi) is 6.05. The number of fused-ring (bicyclic) bond motifs is 1. The Morgan fingerprint density at radius 3 is 2.37 bits per heavy atom. The molecule has 160 valence electrons. The molecule has 0 aliphatic carbocycles. The standard InChI is InChI=1S/C21H25N3O4S2/c1-6-23-18-8-7-16(12-19(18)29-21(23)26)22-20(25)15(4)24(30(5,27)28)17-10-13(2)9-14(3)11-17/h7-12,15H,6H2,1-5H3,(H,22,25). The Labute approximate surface area is 180 Å². The van der Waals surface area contributed by atoms with Crippen LogP contribution in [-0.4, -0.2) is 31.2 Å². The van der Waals surface area contributed by atoms with Crippen molar-refractivity contribution in [1.82, 2.24) is 4.57 Å². The summed E-state index contributed by atoms with van der Waals surface area (Å²) in [5, 5.41) is 2.78. The van der Waals surface area contributed by atoms with Crippen LogP contribution in [0.3, 0.4) is 0 Å². The minimum Gasteiger partial charge on any atom is -0.324 e. The lowest BCUT2D eigenvalue weighted by atomic mass is 10.1. The van der Waals surface area contributed by atoms with Gasteiger partial charge in [0.15, 0.2) is 0 Å². The van der Waals surface area contributed by atoms with E-state index in [2.05, 4.69) is 5.32 Å². The van der Waals surface area contributed by atoms with Gasteiger partial charge >= 0.3 is 4.87 Å². The molecule has 1 amide bonds. The summed E-state index contributed by atoms with van der Waals surface area (Å²) >= 11 is 1.11. The third-order valence-electron chi connectivity index (χ3n) is 4.80. The highest BCUT2D eigenvalue weighted by atomic mass is 32.2. The first-order valence-electron chi connectivity index (χ1n) is 9.53. The van der Waals surface area contributed by atoms with Crippen LogP contribution in [0.1, 0.15) is 25.0 Å². The third-order valence-corrected chi connectivity index (χ3v) is 6.99. The van der Waals surface area contributed by atoms with Crippen LogP contribution in [0.4, 0.5) is 11.4 Å². The number of nitrogens with one attached hydrogen (secondary N) is 1. The van der Waals surface area contributed by atoms with Crippen molar-refractivity contribution in [2.24, 2.45) is 0 Å². The highest BCUT2D eigenvalue weighted by molar-refractivity contribution is 7.92. The highest BCUT2D eigenvalue weighted by Gasteiger charge is 2.29. The molecule has 1 heterocycles. The average molecular weight is 448 g/mol. The van der Waals surface area contributed by atoms with Crippen LogP contribution in [0.15, 0.2) is 41.2 Å². The van der Waals surface area contributed by atoms with Crippen molar-refractivity contribution in [3.05, 3.63) is 57.2 Å². The van der Waals surface area contributed by atoms with E-state index in [0.29, 0.717) is 17.9 Å². The van der Waals surface area contributed by atoms with Crippen LogP contribution in [0, 0.1) is 13.8 Å². The Morgan fingerprint density at radius 2 is 1.80 bits per heavy atom. The van der Waals surface area contributed by atoms with Crippen molar-refractivity contribution in [1.29, 1.82) is 0 Å². The summed E-state index contributed by atoms with van der Waals surface area (Å²) in [5.74, 6) is -0.457. The van der Waals surface area contributed by atoms with Gasteiger partial charge in [-0.3, -0.25) is 18.5 Å². The summed E-state index contributed by atoms with van der Waals surface area (Å²) < 4.78 is 28.6.